The van der Waals surface area contributed by atoms with Crippen LogP contribution < -0.4 is 5.73 Å². The lowest BCUT2D eigenvalue weighted by atomic mass is 9.93. The van der Waals surface area contributed by atoms with Gasteiger partial charge in [0.05, 0.1) is 10.7 Å². The molecule has 1 unspecified atom stereocenters. The molecule has 0 bridgehead atoms. The molecule has 4 heteroatoms. The second kappa shape index (κ2) is 5.39. The molecule has 0 saturated heterocycles. The number of hydrogen-bond acceptors (Lipinski definition) is 4. The van der Waals surface area contributed by atoms with E-state index in [1.165, 1.54) is 0 Å². The lowest BCUT2D eigenvalue weighted by Crippen LogP contribution is -2.15. The van der Waals surface area contributed by atoms with E-state index < -0.39 is 0 Å². The van der Waals surface area contributed by atoms with Gasteiger partial charge in [-0.2, -0.15) is 0 Å². The second-order valence-electron chi connectivity index (χ2n) is 5.92. The highest BCUT2D eigenvalue weighted by Crippen LogP contribution is 2.26. The Morgan fingerprint density at radius 1 is 1.37 bits per heavy atom. The summed E-state index contributed by atoms with van der Waals surface area (Å²) >= 11 is 1.70. The van der Waals surface area contributed by atoms with Gasteiger partial charge in [0.1, 0.15) is 0 Å². The van der Waals surface area contributed by atoms with Crippen molar-refractivity contribution in [3.8, 4) is 0 Å². The van der Waals surface area contributed by atoms with Crippen LogP contribution in [0, 0.1) is 6.92 Å². The fourth-order valence-corrected chi connectivity index (χ4v) is 2.93. The molecular weight excluding hydrogens is 254 g/mol. The van der Waals surface area contributed by atoms with Crippen LogP contribution in [-0.4, -0.2) is 9.97 Å². The second-order valence-corrected chi connectivity index (χ2v) is 6.86. The van der Waals surface area contributed by atoms with E-state index in [2.05, 4.69) is 31.1 Å². The molecule has 0 amide bonds. The van der Waals surface area contributed by atoms with Crippen LogP contribution in [0.5, 0.6) is 0 Å². The van der Waals surface area contributed by atoms with Gasteiger partial charge in [-0.15, -0.1) is 11.3 Å². The number of nitrogens with two attached hydrogens (primary N) is 1. The number of aromatic nitrogens is 2. The molecule has 102 valence electrons. The van der Waals surface area contributed by atoms with Crippen LogP contribution in [0.4, 0.5) is 0 Å². The van der Waals surface area contributed by atoms with Gasteiger partial charge >= 0.3 is 0 Å². The first-order chi connectivity index (χ1) is 8.86. The van der Waals surface area contributed by atoms with Gasteiger partial charge < -0.3 is 5.73 Å². The molecule has 2 aromatic rings. The summed E-state index contributed by atoms with van der Waals surface area (Å²) in [7, 11) is 0. The third kappa shape index (κ3) is 3.61. The van der Waals surface area contributed by atoms with Crippen LogP contribution in [-0.2, 0) is 11.8 Å². The van der Waals surface area contributed by atoms with Crippen LogP contribution in [0.3, 0.4) is 0 Å². The van der Waals surface area contributed by atoms with Crippen molar-refractivity contribution in [1.29, 1.82) is 0 Å². The fraction of sp³-hybridized carbons (Fsp3) is 0.467. The average Bonchev–Trinajstić information content (AvgIpc) is 2.77. The Kier molecular flexibility index (Phi) is 4.02. The topological polar surface area (TPSA) is 51.8 Å². The molecule has 19 heavy (non-hydrogen) atoms. The summed E-state index contributed by atoms with van der Waals surface area (Å²) in [5, 5.41) is 3.24. The van der Waals surface area contributed by atoms with Gasteiger partial charge in [-0.3, -0.25) is 4.98 Å². The van der Waals surface area contributed by atoms with Crippen molar-refractivity contribution in [1.82, 2.24) is 9.97 Å². The average molecular weight is 275 g/mol. The molecule has 2 N–H and O–H groups in total. The summed E-state index contributed by atoms with van der Waals surface area (Å²) in [4.78, 5) is 8.89. The minimum absolute atomic E-state index is 0.0133. The van der Waals surface area contributed by atoms with E-state index in [9.17, 15) is 0 Å². The first-order valence-electron chi connectivity index (χ1n) is 6.49. The maximum Gasteiger partial charge on any atom is 0.0947 e. The van der Waals surface area contributed by atoms with Gasteiger partial charge in [0.25, 0.3) is 0 Å². The third-order valence-corrected chi connectivity index (χ3v) is 3.93. The third-order valence-electron chi connectivity index (χ3n) is 3.06. The van der Waals surface area contributed by atoms with Gasteiger partial charge in [-0.05, 0) is 24.6 Å². The SMILES string of the molecule is Cc1cc(C(N)Cc2nc(C(C)(C)C)cs2)ccn1. The predicted octanol–water partition coefficient (Wildman–Crippen LogP) is 3.39. The molecule has 0 aliphatic heterocycles. The summed E-state index contributed by atoms with van der Waals surface area (Å²) in [5.41, 5.74) is 9.63. The molecule has 1 atom stereocenters. The molecule has 2 aromatic heterocycles. The number of pyridine rings is 1. The van der Waals surface area contributed by atoms with E-state index in [1.807, 2.05) is 25.3 Å². The minimum atomic E-state index is -0.0133. The number of hydrogen-bond donors (Lipinski definition) is 1. The molecule has 2 rings (SSSR count). The van der Waals surface area contributed by atoms with Crippen molar-refractivity contribution in [2.45, 2.75) is 45.6 Å². The zero-order valence-corrected chi connectivity index (χ0v) is 12.8. The van der Waals surface area contributed by atoms with Crippen LogP contribution >= 0.6 is 11.3 Å². The molecule has 0 aliphatic carbocycles. The summed E-state index contributed by atoms with van der Waals surface area (Å²) in [6.07, 6.45) is 2.59. The van der Waals surface area contributed by atoms with Crippen molar-refractivity contribution in [2.24, 2.45) is 5.73 Å². The van der Waals surface area contributed by atoms with Crippen LogP contribution in [0.2, 0.25) is 0 Å². The molecule has 0 spiro atoms. The van der Waals surface area contributed by atoms with Crippen LogP contribution in [0.15, 0.2) is 23.7 Å². The molecule has 0 aliphatic rings. The van der Waals surface area contributed by atoms with E-state index in [-0.39, 0.29) is 11.5 Å². The number of thiazole rings is 1. The predicted molar refractivity (Wildman–Crippen MR) is 80.4 cm³/mol. The van der Waals surface area contributed by atoms with E-state index >= 15 is 0 Å². The van der Waals surface area contributed by atoms with E-state index in [0.29, 0.717) is 0 Å². The van der Waals surface area contributed by atoms with Crippen LogP contribution in [0.1, 0.15) is 48.8 Å². The van der Waals surface area contributed by atoms with E-state index in [0.717, 1.165) is 28.4 Å². The highest BCUT2D eigenvalue weighted by molar-refractivity contribution is 7.09. The zero-order valence-electron chi connectivity index (χ0n) is 12.0. The standard InChI is InChI=1S/C15H21N3S/c1-10-7-11(5-6-17-10)12(16)8-14-18-13(9-19-14)15(2,3)4/h5-7,9,12H,8,16H2,1-4H3. The monoisotopic (exact) mass is 275 g/mol. The molecule has 0 aromatic carbocycles. The lowest BCUT2D eigenvalue weighted by Gasteiger charge is -2.14. The Bertz CT molecular complexity index is 555. The van der Waals surface area contributed by atoms with Gasteiger partial charge in [-0.25, -0.2) is 4.98 Å². The summed E-state index contributed by atoms with van der Waals surface area (Å²) in [6.45, 7) is 8.52. The van der Waals surface area contributed by atoms with Gasteiger partial charge in [0.2, 0.25) is 0 Å². The molecule has 3 nitrogen and oxygen atoms in total. The molecular formula is C15H21N3S. The first kappa shape index (κ1) is 14.2. The largest absolute Gasteiger partial charge is 0.324 e. The van der Waals surface area contributed by atoms with Crippen molar-refractivity contribution in [2.75, 3.05) is 0 Å². The number of rotatable bonds is 3. The lowest BCUT2D eigenvalue weighted by molar-refractivity contribution is 0.569. The number of aryl methyl sites for hydroxylation is 1. The van der Waals surface area contributed by atoms with Gasteiger partial charge in [0.15, 0.2) is 0 Å². The summed E-state index contributed by atoms with van der Waals surface area (Å²) < 4.78 is 0. The van der Waals surface area contributed by atoms with Crippen LogP contribution in [0.25, 0.3) is 0 Å². The molecule has 0 saturated carbocycles. The molecule has 0 radical (unpaired) electrons. The molecule has 0 fully saturated rings. The smallest absolute Gasteiger partial charge is 0.0947 e. The normalized spacial score (nSPS) is 13.5. The Morgan fingerprint density at radius 2 is 2.11 bits per heavy atom. The maximum atomic E-state index is 6.25. The summed E-state index contributed by atoms with van der Waals surface area (Å²) in [6, 6.07) is 4.01. The Hall–Kier alpha value is -1.26. The quantitative estimate of drug-likeness (QED) is 0.934. The maximum absolute atomic E-state index is 6.25. The highest BCUT2D eigenvalue weighted by Gasteiger charge is 2.18. The van der Waals surface area contributed by atoms with Crippen molar-refractivity contribution >= 4 is 11.3 Å². The van der Waals surface area contributed by atoms with E-state index in [1.54, 1.807) is 11.3 Å². The first-order valence-corrected chi connectivity index (χ1v) is 7.37. The van der Waals surface area contributed by atoms with Crippen molar-refractivity contribution in [3.05, 3.63) is 45.7 Å². The van der Waals surface area contributed by atoms with Gasteiger partial charge in [0, 0.05) is 35.1 Å². The summed E-state index contributed by atoms with van der Waals surface area (Å²) in [5.74, 6) is 0. The van der Waals surface area contributed by atoms with Crippen molar-refractivity contribution < 1.29 is 0 Å². The molecule has 2 heterocycles. The zero-order chi connectivity index (χ0) is 14.0. The Balaban J connectivity index is 2.11. The highest BCUT2D eigenvalue weighted by atomic mass is 32.1. The fourth-order valence-electron chi connectivity index (χ4n) is 1.85. The van der Waals surface area contributed by atoms with Gasteiger partial charge in [-0.1, -0.05) is 20.8 Å². The number of nitrogens with zero attached hydrogens (tertiary/aromatic N) is 2. The minimum Gasteiger partial charge on any atom is -0.324 e. The van der Waals surface area contributed by atoms with E-state index in [4.69, 9.17) is 10.7 Å². The Morgan fingerprint density at radius 3 is 2.68 bits per heavy atom. The van der Waals surface area contributed by atoms with Crippen molar-refractivity contribution in [3.63, 3.8) is 0 Å². The Labute approximate surface area is 118 Å².